The van der Waals surface area contributed by atoms with E-state index < -0.39 is 5.54 Å². The summed E-state index contributed by atoms with van der Waals surface area (Å²) in [6, 6.07) is 11.7. The Hall–Kier alpha value is -2.96. The van der Waals surface area contributed by atoms with Crippen molar-refractivity contribution >= 4 is 23.2 Å². The molecule has 0 bridgehead atoms. The van der Waals surface area contributed by atoms with Crippen LogP contribution in [0.25, 0.3) is 0 Å². The molecule has 29 heavy (non-hydrogen) atoms. The molecule has 1 saturated heterocycles. The number of piperidine rings is 1. The van der Waals surface area contributed by atoms with Gasteiger partial charge in [0.25, 0.3) is 0 Å². The predicted molar refractivity (Wildman–Crippen MR) is 115 cm³/mol. The average molecular weight is 396 g/mol. The fourth-order valence-electron chi connectivity index (χ4n) is 3.95. The highest BCUT2D eigenvalue weighted by Gasteiger charge is 2.45. The monoisotopic (exact) mass is 395 g/mol. The van der Waals surface area contributed by atoms with Crippen LogP contribution in [0.1, 0.15) is 39.4 Å². The lowest BCUT2D eigenvalue weighted by atomic mass is 9.85. The number of carbonyl (C=O) groups excluding carboxylic acids is 1. The number of hydrogen-bond acceptors (Lipinski definition) is 4. The molecule has 2 aliphatic rings. The Kier molecular flexibility index (Phi) is 4.98. The lowest BCUT2D eigenvalue weighted by molar-refractivity contribution is 0.173. The number of rotatable bonds is 2. The van der Waals surface area contributed by atoms with E-state index in [-0.39, 0.29) is 11.6 Å². The summed E-state index contributed by atoms with van der Waals surface area (Å²) >= 11 is 0. The van der Waals surface area contributed by atoms with Gasteiger partial charge in [0.1, 0.15) is 17.1 Å². The first-order valence-corrected chi connectivity index (χ1v) is 10.1. The molecule has 7 heteroatoms. The number of hydrogen-bond donors (Lipinski definition) is 3. The highest BCUT2D eigenvalue weighted by molar-refractivity contribution is 6.10. The molecule has 1 atom stereocenters. The van der Waals surface area contributed by atoms with Gasteiger partial charge < -0.3 is 25.3 Å². The van der Waals surface area contributed by atoms with Gasteiger partial charge in [0, 0.05) is 6.54 Å². The fourth-order valence-corrected chi connectivity index (χ4v) is 3.95. The number of urea groups is 1. The Morgan fingerprint density at radius 2 is 2.03 bits per heavy atom. The van der Waals surface area contributed by atoms with Gasteiger partial charge in [-0.2, -0.15) is 0 Å². The fraction of sp³-hybridized carbons (Fsp3) is 0.455. The smallest absolute Gasteiger partial charge is 0.317 e. The van der Waals surface area contributed by atoms with E-state index in [1.165, 1.54) is 0 Å². The van der Waals surface area contributed by atoms with Gasteiger partial charge in [0.15, 0.2) is 0 Å². The molecule has 154 valence electrons. The van der Waals surface area contributed by atoms with Crippen LogP contribution in [0.2, 0.25) is 0 Å². The Labute approximate surface area is 171 Å². The second kappa shape index (κ2) is 7.46. The van der Waals surface area contributed by atoms with Crippen LogP contribution in [0.3, 0.4) is 0 Å². The highest BCUT2D eigenvalue weighted by atomic mass is 16.3. The number of amidine groups is 1. The average Bonchev–Trinajstić information content (AvgIpc) is 3.19. The number of carbonyl (C=O) groups is 1. The molecule has 0 unspecified atom stereocenters. The van der Waals surface area contributed by atoms with Gasteiger partial charge in [-0.1, -0.05) is 12.1 Å². The number of nitrogens with zero attached hydrogens (tertiary/aromatic N) is 2. The van der Waals surface area contributed by atoms with Crippen molar-refractivity contribution in [1.82, 2.24) is 10.2 Å². The van der Waals surface area contributed by atoms with Gasteiger partial charge in [0.05, 0.1) is 36.3 Å². The van der Waals surface area contributed by atoms with E-state index >= 15 is 0 Å². The normalized spacial score (nSPS) is 22.7. The first-order chi connectivity index (χ1) is 13.8. The maximum Gasteiger partial charge on any atom is 0.317 e. The molecule has 7 nitrogen and oxygen atoms in total. The second-order valence-electron chi connectivity index (χ2n) is 8.77. The van der Waals surface area contributed by atoms with Crippen LogP contribution in [-0.4, -0.2) is 40.9 Å². The summed E-state index contributed by atoms with van der Waals surface area (Å²) in [6.45, 7) is 7.92. The Morgan fingerprint density at radius 3 is 2.76 bits per heavy atom. The third-order valence-electron chi connectivity index (χ3n) is 5.23. The predicted octanol–water partition coefficient (Wildman–Crippen LogP) is 4.06. The molecule has 1 spiro atoms. The number of aliphatic imine (C=N–C) groups is 1. The quantitative estimate of drug-likeness (QED) is 0.716. The number of benzene rings is 1. The summed E-state index contributed by atoms with van der Waals surface area (Å²) in [7, 11) is 0. The second-order valence-corrected chi connectivity index (χ2v) is 8.77. The minimum absolute atomic E-state index is 0.0868. The molecule has 1 aromatic heterocycles. The van der Waals surface area contributed by atoms with E-state index in [1.807, 2.05) is 35.2 Å². The van der Waals surface area contributed by atoms with Gasteiger partial charge in [-0.15, -0.1) is 0 Å². The van der Waals surface area contributed by atoms with Crippen molar-refractivity contribution in [2.45, 2.75) is 51.2 Å². The van der Waals surface area contributed by atoms with Crippen molar-refractivity contribution in [2.24, 2.45) is 4.99 Å². The van der Waals surface area contributed by atoms with Gasteiger partial charge in [0.2, 0.25) is 0 Å². The molecule has 0 saturated carbocycles. The summed E-state index contributed by atoms with van der Waals surface area (Å²) < 4.78 is 5.32. The summed E-state index contributed by atoms with van der Waals surface area (Å²) in [5, 5.41) is 10.2. The Morgan fingerprint density at radius 1 is 1.24 bits per heavy atom. The largest absolute Gasteiger partial charge is 0.467 e. The summed E-state index contributed by atoms with van der Waals surface area (Å²) in [5.41, 5.74) is 1.40. The molecule has 4 rings (SSSR count). The number of furan rings is 1. The molecular weight excluding hydrogens is 366 g/mol. The number of nitrogens with one attached hydrogen (secondary N) is 3. The highest BCUT2D eigenvalue weighted by Crippen LogP contribution is 2.36. The SMILES string of the molecule is CC(C)(C)N=C1Nc2ccccc2N[C@@]12CCCN(C(=O)NCc1ccco1)C2. The zero-order valence-corrected chi connectivity index (χ0v) is 17.3. The topological polar surface area (TPSA) is 81.9 Å². The van der Waals surface area contributed by atoms with E-state index in [0.717, 1.165) is 42.4 Å². The number of para-hydroxylation sites is 2. The number of fused-ring (bicyclic) bond motifs is 1. The maximum atomic E-state index is 12.8. The van der Waals surface area contributed by atoms with Crippen molar-refractivity contribution in [3.63, 3.8) is 0 Å². The first kappa shape index (κ1) is 19.4. The van der Waals surface area contributed by atoms with Crippen molar-refractivity contribution < 1.29 is 9.21 Å². The van der Waals surface area contributed by atoms with Crippen molar-refractivity contribution in [2.75, 3.05) is 23.7 Å². The Bertz CT molecular complexity index is 900. The van der Waals surface area contributed by atoms with Gasteiger partial charge in [-0.25, -0.2) is 4.79 Å². The van der Waals surface area contributed by atoms with Crippen LogP contribution in [-0.2, 0) is 6.54 Å². The standard InChI is InChI=1S/C22H29N5O2/c1-21(2,3)26-19-22(25-18-10-5-4-9-17(18)24-19)11-7-12-27(15-22)20(28)23-14-16-8-6-13-29-16/h4-6,8-10,13,25H,7,11-12,14-15H2,1-3H3,(H,23,28)(H,24,26)/t22-/m1/s1. The molecular formula is C22H29N5O2. The van der Waals surface area contributed by atoms with Gasteiger partial charge >= 0.3 is 6.03 Å². The molecule has 2 aliphatic heterocycles. The minimum Gasteiger partial charge on any atom is -0.467 e. The third kappa shape index (κ3) is 4.23. The zero-order valence-electron chi connectivity index (χ0n) is 17.3. The third-order valence-corrected chi connectivity index (χ3v) is 5.23. The van der Waals surface area contributed by atoms with Gasteiger partial charge in [-0.05, 0) is 57.9 Å². The molecule has 1 fully saturated rings. The maximum absolute atomic E-state index is 12.8. The zero-order chi connectivity index (χ0) is 20.5. The summed E-state index contributed by atoms with van der Waals surface area (Å²) in [5.74, 6) is 1.64. The van der Waals surface area contributed by atoms with Crippen LogP contribution in [0, 0.1) is 0 Å². The lowest BCUT2D eigenvalue weighted by Crippen LogP contribution is -2.63. The van der Waals surface area contributed by atoms with E-state index in [1.54, 1.807) is 6.26 Å². The van der Waals surface area contributed by atoms with Crippen LogP contribution in [0.4, 0.5) is 16.2 Å². The van der Waals surface area contributed by atoms with Gasteiger partial charge in [-0.3, -0.25) is 4.99 Å². The van der Waals surface area contributed by atoms with Crippen LogP contribution >= 0.6 is 0 Å². The number of anilines is 2. The molecule has 1 aromatic carbocycles. The number of likely N-dealkylation sites (tertiary alicyclic amines) is 1. The summed E-state index contributed by atoms with van der Waals surface area (Å²) in [6.07, 6.45) is 3.42. The summed E-state index contributed by atoms with van der Waals surface area (Å²) in [4.78, 5) is 19.7. The van der Waals surface area contributed by atoms with E-state index in [9.17, 15) is 4.79 Å². The van der Waals surface area contributed by atoms with Crippen molar-refractivity contribution in [3.05, 3.63) is 48.4 Å². The first-order valence-electron chi connectivity index (χ1n) is 10.1. The van der Waals surface area contributed by atoms with Crippen LogP contribution in [0.15, 0.2) is 52.1 Å². The molecule has 2 amide bonds. The minimum atomic E-state index is -0.429. The molecule has 3 N–H and O–H groups in total. The molecule has 0 radical (unpaired) electrons. The molecule has 2 aromatic rings. The lowest BCUT2D eigenvalue weighted by Gasteiger charge is -2.47. The number of amides is 2. The van der Waals surface area contributed by atoms with Crippen molar-refractivity contribution in [3.8, 4) is 0 Å². The van der Waals surface area contributed by atoms with E-state index in [2.05, 4.69) is 42.8 Å². The van der Waals surface area contributed by atoms with E-state index in [0.29, 0.717) is 13.1 Å². The molecule has 0 aliphatic carbocycles. The molecule has 3 heterocycles. The van der Waals surface area contributed by atoms with Crippen LogP contribution in [0.5, 0.6) is 0 Å². The Balaban J connectivity index is 1.58. The van der Waals surface area contributed by atoms with E-state index in [4.69, 9.17) is 9.41 Å². The van der Waals surface area contributed by atoms with Crippen LogP contribution < -0.4 is 16.0 Å². The van der Waals surface area contributed by atoms with Crippen molar-refractivity contribution in [1.29, 1.82) is 0 Å².